The number of nitrogens with one attached hydrogen (secondary N) is 1. The maximum Gasteiger partial charge on any atom is 0.329 e. The second kappa shape index (κ2) is 6.11. The Morgan fingerprint density at radius 1 is 1.43 bits per heavy atom. The van der Waals surface area contributed by atoms with Crippen molar-refractivity contribution in [1.82, 2.24) is 10.2 Å². The highest BCUT2D eigenvalue weighted by molar-refractivity contribution is 5.87. The Labute approximate surface area is 122 Å². The first-order chi connectivity index (χ1) is 10.0. The number of benzene rings is 1. The fourth-order valence-electron chi connectivity index (χ4n) is 2.82. The average Bonchev–Trinajstić information content (AvgIpc) is 2.91. The number of likely N-dealkylation sites (tertiary alicyclic amines) is 1. The molecule has 0 aliphatic carbocycles. The third-order valence-corrected chi connectivity index (χ3v) is 4.10. The van der Waals surface area contributed by atoms with E-state index in [2.05, 4.69) is 5.32 Å². The molecule has 1 fully saturated rings. The number of carbonyl (C=O) groups is 2. The highest BCUT2D eigenvalue weighted by Gasteiger charge is 2.48. The molecule has 6 heteroatoms. The maximum atomic E-state index is 13.5. The summed E-state index contributed by atoms with van der Waals surface area (Å²) in [6.07, 6.45) is 1.47. The van der Waals surface area contributed by atoms with Gasteiger partial charge in [0.05, 0.1) is 0 Å². The van der Waals surface area contributed by atoms with Crippen LogP contribution in [0.2, 0.25) is 0 Å². The number of nitrogens with zero attached hydrogens (tertiary/aromatic N) is 1. The van der Waals surface area contributed by atoms with Crippen molar-refractivity contribution in [2.24, 2.45) is 0 Å². The lowest BCUT2D eigenvalue weighted by molar-refractivity contribution is -0.148. The van der Waals surface area contributed by atoms with E-state index in [1.165, 1.54) is 11.0 Å². The van der Waals surface area contributed by atoms with Gasteiger partial charge in [-0.3, -0.25) is 0 Å². The molecule has 1 aromatic carbocycles. The fourth-order valence-corrected chi connectivity index (χ4v) is 2.82. The topological polar surface area (TPSA) is 69.6 Å². The summed E-state index contributed by atoms with van der Waals surface area (Å²) in [5.41, 5.74) is -0.762. The zero-order valence-electron chi connectivity index (χ0n) is 11.9. The highest BCUT2D eigenvalue weighted by atomic mass is 19.1. The molecule has 0 aromatic heterocycles. The number of urea groups is 1. The summed E-state index contributed by atoms with van der Waals surface area (Å²) in [4.78, 5) is 25.1. The fraction of sp³-hybridized carbons (Fsp3) is 0.467. The summed E-state index contributed by atoms with van der Waals surface area (Å²) in [6, 6.07) is 5.72. The van der Waals surface area contributed by atoms with Crippen LogP contribution in [0.5, 0.6) is 0 Å². The van der Waals surface area contributed by atoms with Crippen LogP contribution in [0.3, 0.4) is 0 Å². The molecule has 2 N–H and O–H groups in total. The van der Waals surface area contributed by atoms with Crippen LogP contribution in [-0.2, 0) is 11.3 Å². The van der Waals surface area contributed by atoms with Crippen molar-refractivity contribution in [2.75, 3.05) is 6.54 Å². The number of carboxylic acids is 1. The molecule has 2 amide bonds. The predicted octanol–water partition coefficient (Wildman–Crippen LogP) is 2.36. The van der Waals surface area contributed by atoms with Gasteiger partial charge < -0.3 is 15.3 Å². The number of carbonyl (C=O) groups excluding carboxylic acids is 1. The average molecular weight is 294 g/mol. The summed E-state index contributed by atoms with van der Waals surface area (Å²) < 4.78 is 13.5. The zero-order chi connectivity index (χ0) is 15.5. The second-order valence-electron chi connectivity index (χ2n) is 5.20. The SMILES string of the molecule is CCC1(C(=O)O)CCCN1C(=O)NCc1ccccc1F. The lowest BCUT2D eigenvalue weighted by Gasteiger charge is -2.33. The monoisotopic (exact) mass is 294 g/mol. The quantitative estimate of drug-likeness (QED) is 0.895. The molecule has 1 aliphatic rings. The van der Waals surface area contributed by atoms with Gasteiger partial charge in [0.1, 0.15) is 11.4 Å². The maximum absolute atomic E-state index is 13.5. The van der Waals surface area contributed by atoms with Gasteiger partial charge in [0.2, 0.25) is 0 Å². The van der Waals surface area contributed by atoms with Gasteiger partial charge in [0.15, 0.2) is 0 Å². The van der Waals surface area contributed by atoms with Gasteiger partial charge in [0.25, 0.3) is 0 Å². The van der Waals surface area contributed by atoms with Crippen molar-refractivity contribution in [3.8, 4) is 0 Å². The van der Waals surface area contributed by atoms with Gasteiger partial charge in [-0.2, -0.15) is 0 Å². The minimum absolute atomic E-state index is 0.0431. The molecular formula is C15H19FN2O3. The van der Waals surface area contributed by atoms with Crippen LogP contribution in [0.4, 0.5) is 9.18 Å². The molecular weight excluding hydrogens is 275 g/mol. The zero-order valence-corrected chi connectivity index (χ0v) is 11.9. The molecule has 1 unspecified atom stereocenters. The highest BCUT2D eigenvalue weighted by Crippen LogP contribution is 2.32. The third kappa shape index (κ3) is 2.84. The predicted molar refractivity (Wildman–Crippen MR) is 75.2 cm³/mol. The molecule has 0 radical (unpaired) electrons. The number of hydrogen-bond acceptors (Lipinski definition) is 2. The first kappa shape index (κ1) is 15.3. The van der Waals surface area contributed by atoms with E-state index in [0.717, 1.165) is 0 Å². The second-order valence-corrected chi connectivity index (χ2v) is 5.20. The molecule has 1 atom stereocenters. The van der Waals surface area contributed by atoms with Crippen molar-refractivity contribution in [3.05, 3.63) is 35.6 Å². The van der Waals surface area contributed by atoms with Crippen molar-refractivity contribution >= 4 is 12.0 Å². The normalized spacial score (nSPS) is 21.3. The molecule has 2 rings (SSSR count). The Morgan fingerprint density at radius 2 is 2.14 bits per heavy atom. The Kier molecular flexibility index (Phi) is 4.45. The van der Waals surface area contributed by atoms with E-state index in [9.17, 15) is 19.1 Å². The van der Waals surface area contributed by atoms with Gasteiger partial charge in [0, 0.05) is 18.7 Å². The number of halogens is 1. The summed E-state index contributed by atoms with van der Waals surface area (Å²) in [6.45, 7) is 2.21. The van der Waals surface area contributed by atoms with Crippen molar-refractivity contribution in [3.63, 3.8) is 0 Å². The van der Waals surface area contributed by atoms with E-state index >= 15 is 0 Å². The van der Waals surface area contributed by atoms with Crippen LogP contribution < -0.4 is 5.32 Å². The number of rotatable bonds is 4. The number of amides is 2. The first-order valence-corrected chi connectivity index (χ1v) is 7.03. The van der Waals surface area contributed by atoms with E-state index in [1.807, 2.05) is 0 Å². The lowest BCUT2D eigenvalue weighted by atomic mass is 9.93. The van der Waals surface area contributed by atoms with E-state index < -0.39 is 17.5 Å². The molecule has 0 bridgehead atoms. The molecule has 21 heavy (non-hydrogen) atoms. The smallest absolute Gasteiger partial charge is 0.329 e. The number of hydrogen-bond donors (Lipinski definition) is 2. The summed E-state index contributed by atoms with van der Waals surface area (Å²) in [7, 11) is 0. The largest absolute Gasteiger partial charge is 0.479 e. The Bertz CT molecular complexity index is 549. The van der Waals surface area contributed by atoms with Crippen LogP contribution in [-0.4, -0.2) is 34.1 Å². The van der Waals surface area contributed by atoms with Crippen LogP contribution in [0, 0.1) is 5.82 Å². The molecule has 1 saturated heterocycles. The molecule has 1 aromatic rings. The van der Waals surface area contributed by atoms with Crippen LogP contribution in [0.25, 0.3) is 0 Å². The molecule has 114 valence electrons. The van der Waals surface area contributed by atoms with Gasteiger partial charge in [-0.25, -0.2) is 14.0 Å². The van der Waals surface area contributed by atoms with Crippen LogP contribution in [0.15, 0.2) is 24.3 Å². The third-order valence-electron chi connectivity index (χ3n) is 4.10. The summed E-state index contributed by atoms with van der Waals surface area (Å²) in [5.74, 6) is -1.37. The Hall–Kier alpha value is -2.11. The van der Waals surface area contributed by atoms with E-state index in [1.54, 1.807) is 25.1 Å². The van der Waals surface area contributed by atoms with Crippen LogP contribution >= 0.6 is 0 Å². The Morgan fingerprint density at radius 3 is 2.76 bits per heavy atom. The van der Waals surface area contributed by atoms with Crippen LogP contribution in [0.1, 0.15) is 31.7 Å². The van der Waals surface area contributed by atoms with E-state index in [0.29, 0.717) is 31.4 Å². The number of aliphatic carboxylic acids is 1. The van der Waals surface area contributed by atoms with Crippen molar-refractivity contribution < 1.29 is 19.1 Å². The van der Waals surface area contributed by atoms with Gasteiger partial charge in [-0.15, -0.1) is 0 Å². The van der Waals surface area contributed by atoms with E-state index in [-0.39, 0.29) is 12.4 Å². The Balaban J connectivity index is 2.06. The van der Waals surface area contributed by atoms with Crippen molar-refractivity contribution in [1.29, 1.82) is 0 Å². The molecule has 5 nitrogen and oxygen atoms in total. The van der Waals surface area contributed by atoms with Crippen molar-refractivity contribution in [2.45, 2.75) is 38.3 Å². The molecule has 1 heterocycles. The molecule has 0 saturated carbocycles. The summed E-state index contributed by atoms with van der Waals surface area (Å²) in [5, 5.41) is 12.0. The number of carboxylic acid groups (broad SMARTS) is 1. The van der Waals surface area contributed by atoms with E-state index in [4.69, 9.17) is 0 Å². The van der Waals surface area contributed by atoms with Gasteiger partial charge >= 0.3 is 12.0 Å². The summed E-state index contributed by atoms with van der Waals surface area (Å²) >= 11 is 0. The lowest BCUT2D eigenvalue weighted by Crippen LogP contribution is -2.55. The molecule has 1 aliphatic heterocycles. The standard InChI is InChI=1S/C15H19FN2O3/c1-2-15(13(19)20)8-5-9-18(15)14(21)17-10-11-6-3-4-7-12(11)16/h3-4,6-7H,2,5,8-10H2,1H3,(H,17,21)(H,19,20). The van der Waals surface area contributed by atoms with Gasteiger partial charge in [-0.05, 0) is 25.3 Å². The minimum Gasteiger partial charge on any atom is -0.479 e. The molecule has 0 spiro atoms. The van der Waals surface area contributed by atoms with Gasteiger partial charge in [-0.1, -0.05) is 25.1 Å². The minimum atomic E-state index is -1.14. The first-order valence-electron chi connectivity index (χ1n) is 7.03.